The molecule has 1 amide bonds. The van der Waals surface area contributed by atoms with Gasteiger partial charge in [0.05, 0.1) is 19.1 Å². The zero-order chi connectivity index (χ0) is 15.1. The van der Waals surface area contributed by atoms with Gasteiger partial charge in [0.1, 0.15) is 0 Å². The number of hydrogen-bond acceptors (Lipinski definition) is 3. The fraction of sp³-hybridized carbons (Fsp3) is 0.562. The van der Waals surface area contributed by atoms with Gasteiger partial charge in [-0.1, -0.05) is 19.9 Å². The van der Waals surface area contributed by atoms with Crippen LogP contribution in [0.5, 0.6) is 0 Å². The Kier molecular flexibility index (Phi) is 9.06. The molecule has 0 aliphatic carbocycles. The number of ether oxygens (including phenoxy) is 1. The van der Waals surface area contributed by atoms with Crippen molar-refractivity contribution in [2.24, 2.45) is 5.92 Å². The van der Waals surface area contributed by atoms with Gasteiger partial charge >= 0.3 is 0 Å². The number of rotatable bonds is 7. The Bertz CT molecular complexity index is 450. The van der Waals surface area contributed by atoms with E-state index >= 15 is 0 Å². The molecule has 0 heterocycles. The number of nitrogen functional groups attached to an aromatic ring is 1. The molecule has 21 heavy (non-hydrogen) atoms. The maximum Gasteiger partial charge on any atom is 0.226 e. The molecule has 0 aliphatic heterocycles. The first-order valence-electron chi connectivity index (χ1n) is 7.16. The first-order chi connectivity index (χ1) is 9.38. The Labute approximate surface area is 133 Å². The lowest BCUT2D eigenvalue weighted by Crippen LogP contribution is -2.18. The molecule has 1 unspecified atom stereocenters. The van der Waals surface area contributed by atoms with Crippen molar-refractivity contribution in [2.75, 3.05) is 17.7 Å². The monoisotopic (exact) mass is 314 g/mol. The van der Waals surface area contributed by atoms with Crippen LogP contribution in [0.1, 0.15) is 39.2 Å². The summed E-state index contributed by atoms with van der Waals surface area (Å²) in [6, 6.07) is 5.49. The summed E-state index contributed by atoms with van der Waals surface area (Å²) in [5.41, 5.74) is 8.13. The molecule has 0 fully saturated rings. The summed E-state index contributed by atoms with van der Waals surface area (Å²) in [6.45, 7) is 8.75. The van der Waals surface area contributed by atoms with Gasteiger partial charge in [-0.2, -0.15) is 0 Å². The molecule has 120 valence electrons. The Morgan fingerprint density at radius 2 is 2.00 bits per heavy atom. The van der Waals surface area contributed by atoms with Gasteiger partial charge < -0.3 is 15.8 Å². The Morgan fingerprint density at radius 3 is 2.62 bits per heavy atom. The van der Waals surface area contributed by atoms with Crippen molar-refractivity contribution in [2.45, 2.75) is 46.6 Å². The van der Waals surface area contributed by atoms with Gasteiger partial charge in [0.2, 0.25) is 5.91 Å². The second-order valence-electron chi connectivity index (χ2n) is 5.68. The third-order valence-electron chi connectivity index (χ3n) is 3.07. The van der Waals surface area contributed by atoms with Crippen LogP contribution in [-0.2, 0) is 9.53 Å². The smallest absolute Gasteiger partial charge is 0.226 e. The van der Waals surface area contributed by atoms with Crippen molar-refractivity contribution in [3.8, 4) is 0 Å². The standard InChI is InChI=1S/C16H26N2O2.ClH/c1-11(2)9-13(4)20-8-7-16(19)18-15-10-14(17)6-5-12(15)3;/h5-6,10-11,13H,7-9,17H2,1-4H3,(H,18,19);1H. The third-order valence-corrected chi connectivity index (χ3v) is 3.07. The summed E-state index contributed by atoms with van der Waals surface area (Å²) >= 11 is 0. The van der Waals surface area contributed by atoms with Crippen LogP contribution in [0.15, 0.2) is 18.2 Å². The molecule has 4 nitrogen and oxygen atoms in total. The molecule has 0 aromatic heterocycles. The lowest BCUT2D eigenvalue weighted by atomic mass is 10.1. The van der Waals surface area contributed by atoms with Crippen molar-refractivity contribution in [1.82, 2.24) is 0 Å². The molecule has 0 spiro atoms. The van der Waals surface area contributed by atoms with Gasteiger partial charge in [0.25, 0.3) is 0 Å². The van der Waals surface area contributed by atoms with Gasteiger partial charge in [-0.15, -0.1) is 12.4 Å². The molecular weight excluding hydrogens is 288 g/mol. The van der Waals surface area contributed by atoms with Crippen LogP contribution in [0.4, 0.5) is 11.4 Å². The summed E-state index contributed by atoms with van der Waals surface area (Å²) in [7, 11) is 0. The zero-order valence-corrected chi connectivity index (χ0v) is 14.1. The Morgan fingerprint density at radius 1 is 1.33 bits per heavy atom. The minimum Gasteiger partial charge on any atom is -0.399 e. The Balaban J connectivity index is 0.00000400. The number of aryl methyl sites for hydroxylation is 1. The van der Waals surface area contributed by atoms with Crippen molar-refractivity contribution in [1.29, 1.82) is 0 Å². The quantitative estimate of drug-likeness (QED) is 0.753. The third kappa shape index (κ3) is 7.93. The summed E-state index contributed by atoms with van der Waals surface area (Å²) in [5, 5.41) is 2.87. The van der Waals surface area contributed by atoms with Crippen molar-refractivity contribution >= 4 is 29.7 Å². The molecule has 0 bridgehead atoms. The number of benzene rings is 1. The van der Waals surface area contributed by atoms with E-state index in [2.05, 4.69) is 19.2 Å². The van der Waals surface area contributed by atoms with Crippen molar-refractivity contribution < 1.29 is 9.53 Å². The highest BCUT2D eigenvalue weighted by molar-refractivity contribution is 5.92. The van der Waals surface area contributed by atoms with Gasteiger partial charge in [-0.3, -0.25) is 4.79 Å². The van der Waals surface area contributed by atoms with Crippen LogP contribution in [0.2, 0.25) is 0 Å². The number of anilines is 2. The van der Waals surface area contributed by atoms with Crippen LogP contribution in [0, 0.1) is 12.8 Å². The van der Waals surface area contributed by atoms with Gasteiger partial charge in [0.15, 0.2) is 0 Å². The number of hydrogen-bond donors (Lipinski definition) is 2. The largest absolute Gasteiger partial charge is 0.399 e. The molecule has 1 aromatic rings. The average Bonchev–Trinajstić information content (AvgIpc) is 2.33. The molecular formula is C16H27ClN2O2. The fourth-order valence-electron chi connectivity index (χ4n) is 2.07. The van der Waals surface area contributed by atoms with E-state index in [0.717, 1.165) is 17.7 Å². The van der Waals surface area contributed by atoms with Crippen LogP contribution >= 0.6 is 12.4 Å². The first-order valence-corrected chi connectivity index (χ1v) is 7.16. The number of nitrogens with one attached hydrogen (secondary N) is 1. The van der Waals surface area contributed by atoms with Gasteiger partial charge in [-0.05, 0) is 43.9 Å². The van der Waals surface area contributed by atoms with E-state index in [-0.39, 0.29) is 24.4 Å². The number of carbonyl (C=O) groups is 1. The van der Waals surface area contributed by atoms with E-state index in [1.807, 2.05) is 26.0 Å². The maximum atomic E-state index is 11.8. The number of carbonyl (C=O) groups excluding carboxylic acids is 1. The summed E-state index contributed by atoms with van der Waals surface area (Å²) in [4.78, 5) is 11.8. The zero-order valence-electron chi connectivity index (χ0n) is 13.3. The second-order valence-corrected chi connectivity index (χ2v) is 5.68. The maximum absolute atomic E-state index is 11.8. The summed E-state index contributed by atoms with van der Waals surface area (Å²) in [6.07, 6.45) is 1.56. The van der Waals surface area contributed by atoms with E-state index in [4.69, 9.17) is 10.5 Å². The minimum absolute atomic E-state index is 0. The van der Waals surface area contributed by atoms with Gasteiger partial charge in [-0.25, -0.2) is 0 Å². The normalized spacial score (nSPS) is 11.9. The average molecular weight is 315 g/mol. The van der Waals surface area contributed by atoms with E-state index in [0.29, 0.717) is 24.6 Å². The fourth-order valence-corrected chi connectivity index (χ4v) is 2.07. The second kappa shape index (κ2) is 9.64. The van der Waals surface area contributed by atoms with E-state index < -0.39 is 0 Å². The first kappa shape index (κ1) is 19.7. The molecule has 1 aromatic carbocycles. The van der Waals surface area contributed by atoms with Crippen LogP contribution in [0.3, 0.4) is 0 Å². The highest BCUT2D eigenvalue weighted by atomic mass is 35.5. The molecule has 0 saturated carbocycles. The number of nitrogens with two attached hydrogens (primary N) is 1. The molecule has 1 rings (SSSR count). The van der Waals surface area contributed by atoms with Gasteiger partial charge in [0, 0.05) is 11.4 Å². The molecule has 5 heteroatoms. The summed E-state index contributed by atoms with van der Waals surface area (Å²) in [5.74, 6) is 0.559. The molecule has 0 aliphatic rings. The number of halogens is 1. The lowest BCUT2D eigenvalue weighted by Gasteiger charge is -2.15. The molecule has 0 radical (unpaired) electrons. The highest BCUT2D eigenvalue weighted by Gasteiger charge is 2.08. The van der Waals surface area contributed by atoms with Crippen molar-refractivity contribution in [3.05, 3.63) is 23.8 Å². The van der Waals surface area contributed by atoms with E-state index in [9.17, 15) is 4.79 Å². The molecule has 3 N–H and O–H groups in total. The predicted molar refractivity (Wildman–Crippen MR) is 91.0 cm³/mol. The summed E-state index contributed by atoms with van der Waals surface area (Å²) < 4.78 is 5.63. The predicted octanol–water partition coefficient (Wildman–Crippen LogP) is 3.78. The van der Waals surface area contributed by atoms with Crippen molar-refractivity contribution in [3.63, 3.8) is 0 Å². The minimum atomic E-state index is -0.0459. The highest BCUT2D eigenvalue weighted by Crippen LogP contribution is 2.18. The Hall–Kier alpha value is -1.26. The van der Waals surface area contributed by atoms with Crippen LogP contribution in [-0.4, -0.2) is 18.6 Å². The molecule has 1 atom stereocenters. The topological polar surface area (TPSA) is 64.3 Å². The van der Waals surface area contributed by atoms with E-state index in [1.54, 1.807) is 6.07 Å². The molecule has 0 saturated heterocycles. The SMILES string of the molecule is Cc1ccc(N)cc1NC(=O)CCOC(C)CC(C)C.Cl. The van der Waals surface area contributed by atoms with E-state index in [1.165, 1.54) is 0 Å². The lowest BCUT2D eigenvalue weighted by molar-refractivity contribution is -0.117. The van der Waals surface area contributed by atoms with Crippen LogP contribution in [0.25, 0.3) is 0 Å². The number of amides is 1. The van der Waals surface area contributed by atoms with Crippen LogP contribution < -0.4 is 11.1 Å².